The second-order valence-corrected chi connectivity index (χ2v) is 4.54. The Balaban J connectivity index is 2.56. The van der Waals surface area contributed by atoms with Gasteiger partial charge in [-0.15, -0.1) is 0 Å². The second kappa shape index (κ2) is 5.12. The van der Waals surface area contributed by atoms with Crippen molar-refractivity contribution in [2.45, 2.75) is 26.7 Å². The summed E-state index contributed by atoms with van der Waals surface area (Å²) >= 11 is 0. The van der Waals surface area contributed by atoms with Crippen molar-refractivity contribution in [3.05, 3.63) is 35.8 Å². The molecule has 2 heterocycles. The summed E-state index contributed by atoms with van der Waals surface area (Å²) in [6.07, 6.45) is 3.51. The van der Waals surface area contributed by atoms with Crippen LogP contribution in [-0.4, -0.2) is 22.0 Å². The molecule has 0 aromatic carbocycles. The van der Waals surface area contributed by atoms with E-state index in [1.165, 1.54) is 5.56 Å². The highest BCUT2D eigenvalue weighted by Crippen LogP contribution is 2.27. The molecule has 1 N–H and O–H groups in total. The molecule has 0 atom stereocenters. The Kier molecular flexibility index (Phi) is 3.55. The Morgan fingerprint density at radius 2 is 1.78 bits per heavy atom. The number of pyridine rings is 1. The number of hydrogen-bond acceptors (Lipinski definition) is 4. The summed E-state index contributed by atoms with van der Waals surface area (Å²) in [5, 5.41) is 3.16. The highest BCUT2D eigenvalue weighted by molar-refractivity contribution is 5.59. The Morgan fingerprint density at radius 1 is 1.11 bits per heavy atom. The lowest BCUT2D eigenvalue weighted by atomic mass is 10.0. The van der Waals surface area contributed by atoms with Gasteiger partial charge in [-0.3, -0.25) is 4.98 Å². The van der Waals surface area contributed by atoms with E-state index in [1.807, 2.05) is 26.1 Å². The first kappa shape index (κ1) is 12.5. The zero-order chi connectivity index (χ0) is 13.1. The zero-order valence-corrected chi connectivity index (χ0v) is 11.2. The normalized spacial score (nSPS) is 10.7. The molecule has 0 amide bonds. The maximum Gasteiger partial charge on any atom is 0.161 e. The first-order valence-corrected chi connectivity index (χ1v) is 6.10. The van der Waals surface area contributed by atoms with Gasteiger partial charge in [-0.05, 0) is 25.0 Å². The van der Waals surface area contributed by atoms with E-state index < -0.39 is 0 Å². The summed E-state index contributed by atoms with van der Waals surface area (Å²) in [6, 6.07) is 3.84. The molecule has 4 nitrogen and oxygen atoms in total. The van der Waals surface area contributed by atoms with Crippen LogP contribution in [0.15, 0.2) is 24.5 Å². The van der Waals surface area contributed by atoms with E-state index in [-0.39, 0.29) is 0 Å². The quantitative estimate of drug-likeness (QED) is 0.898. The summed E-state index contributed by atoms with van der Waals surface area (Å²) in [4.78, 5) is 13.2. The molecule has 0 unspecified atom stereocenters. The fourth-order valence-corrected chi connectivity index (χ4v) is 2.09. The molecule has 0 spiro atoms. The highest BCUT2D eigenvalue weighted by atomic mass is 15.0. The van der Waals surface area contributed by atoms with Crippen molar-refractivity contribution in [3.63, 3.8) is 0 Å². The summed E-state index contributed by atoms with van der Waals surface area (Å²) in [5.41, 5.74) is 3.19. The van der Waals surface area contributed by atoms with Crippen LogP contribution < -0.4 is 5.32 Å². The maximum absolute atomic E-state index is 4.59. The van der Waals surface area contributed by atoms with Gasteiger partial charge in [0.25, 0.3) is 0 Å². The lowest BCUT2D eigenvalue weighted by Crippen LogP contribution is -2.07. The van der Waals surface area contributed by atoms with Crippen LogP contribution in [0.25, 0.3) is 11.4 Å². The van der Waals surface area contributed by atoms with Gasteiger partial charge in [-0.1, -0.05) is 13.8 Å². The van der Waals surface area contributed by atoms with Crippen LogP contribution in [0.4, 0.5) is 5.82 Å². The molecule has 0 saturated heterocycles. The molecule has 0 bridgehead atoms. The third kappa shape index (κ3) is 2.32. The summed E-state index contributed by atoms with van der Waals surface area (Å²) < 4.78 is 0. The number of aromatic nitrogens is 3. The van der Waals surface area contributed by atoms with Crippen LogP contribution in [0.1, 0.15) is 31.0 Å². The number of nitrogens with zero attached hydrogens (tertiary/aromatic N) is 3. The second-order valence-electron chi connectivity index (χ2n) is 4.54. The zero-order valence-electron chi connectivity index (χ0n) is 11.2. The van der Waals surface area contributed by atoms with E-state index >= 15 is 0 Å². The largest absolute Gasteiger partial charge is 0.373 e. The van der Waals surface area contributed by atoms with Crippen LogP contribution in [-0.2, 0) is 0 Å². The number of anilines is 1. The van der Waals surface area contributed by atoms with E-state index in [0.717, 1.165) is 22.9 Å². The van der Waals surface area contributed by atoms with Gasteiger partial charge in [0.1, 0.15) is 5.82 Å². The minimum Gasteiger partial charge on any atom is -0.373 e. The maximum atomic E-state index is 4.59. The molecule has 0 aliphatic heterocycles. The number of aryl methyl sites for hydroxylation is 1. The minimum atomic E-state index is 0.402. The third-order valence-corrected chi connectivity index (χ3v) is 2.89. The lowest BCUT2D eigenvalue weighted by molar-refractivity contribution is 0.833. The van der Waals surface area contributed by atoms with Gasteiger partial charge < -0.3 is 5.32 Å². The van der Waals surface area contributed by atoms with Gasteiger partial charge in [0.2, 0.25) is 0 Å². The molecular formula is C14H18N4. The molecule has 4 heteroatoms. The summed E-state index contributed by atoms with van der Waals surface area (Å²) in [6.45, 7) is 6.33. The number of hydrogen-bond donors (Lipinski definition) is 1. The highest BCUT2D eigenvalue weighted by Gasteiger charge is 2.14. The smallest absolute Gasteiger partial charge is 0.161 e. The predicted molar refractivity (Wildman–Crippen MR) is 73.6 cm³/mol. The van der Waals surface area contributed by atoms with Crippen LogP contribution >= 0.6 is 0 Å². The number of nitrogens with one attached hydrogen (secondary N) is 1. The van der Waals surface area contributed by atoms with Crippen LogP contribution in [0.2, 0.25) is 0 Å². The standard InChI is InChI=1S/C14H18N4/c1-9(2)12-10(3)17-13(18-14(12)15-4)11-5-7-16-8-6-11/h5-9H,1-4H3,(H,15,17,18). The van der Waals surface area contributed by atoms with Crippen molar-refractivity contribution in [1.29, 1.82) is 0 Å². The van der Waals surface area contributed by atoms with Gasteiger partial charge in [0.15, 0.2) is 5.82 Å². The van der Waals surface area contributed by atoms with E-state index in [2.05, 4.69) is 34.1 Å². The Labute approximate surface area is 108 Å². The van der Waals surface area contributed by atoms with Gasteiger partial charge in [0.05, 0.1) is 0 Å². The van der Waals surface area contributed by atoms with E-state index in [0.29, 0.717) is 5.92 Å². The summed E-state index contributed by atoms with van der Waals surface area (Å²) in [7, 11) is 1.89. The van der Waals surface area contributed by atoms with Crippen molar-refractivity contribution < 1.29 is 0 Å². The van der Waals surface area contributed by atoms with Gasteiger partial charge in [0, 0.05) is 36.3 Å². The topological polar surface area (TPSA) is 50.7 Å². The molecule has 2 rings (SSSR count). The minimum absolute atomic E-state index is 0.402. The SMILES string of the molecule is CNc1nc(-c2ccncc2)nc(C)c1C(C)C. The lowest BCUT2D eigenvalue weighted by Gasteiger charge is -2.15. The van der Waals surface area contributed by atoms with Crippen molar-refractivity contribution in [3.8, 4) is 11.4 Å². The molecule has 94 valence electrons. The number of rotatable bonds is 3. The Morgan fingerprint density at radius 3 is 2.33 bits per heavy atom. The molecule has 2 aromatic rings. The van der Waals surface area contributed by atoms with E-state index in [4.69, 9.17) is 0 Å². The fraction of sp³-hybridized carbons (Fsp3) is 0.357. The Bertz CT molecular complexity index is 535. The predicted octanol–water partition coefficient (Wildman–Crippen LogP) is 3.01. The van der Waals surface area contributed by atoms with Crippen molar-refractivity contribution >= 4 is 5.82 Å². The monoisotopic (exact) mass is 242 g/mol. The van der Waals surface area contributed by atoms with E-state index in [1.54, 1.807) is 12.4 Å². The fourth-order valence-electron chi connectivity index (χ4n) is 2.09. The third-order valence-electron chi connectivity index (χ3n) is 2.89. The summed E-state index contributed by atoms with van der Waals surface area (Å²) in [5.74, 6) is 2.05. The average molecular weight is 242 g/mol. The molecule has 0 fully saturated rings. The molecular weight excluding hydrogens is 224 g/mol. The first-order chi connectivity index (χ1) is 8.63. The average Bonchev–Trinajstić information content (AvgIpc) is 2.38. The van der Waals surface area contributed by atoms with Crippen LogP contribution in [0, 0.1) is 6.92 Å². The van der Waals surface area contributed by atoms with Crippen LogP contribution in [0.3, 0.4) is 0 Å². The van der Waals surface area contributed by atoms with Crippen molar-refractivity contribution in [2.24, 2.45) is 0 Å². The van der Waals surface area contributed by atoms with E-state index in [9.17, 15) is 0 Å². The van der Waals surface area contributed by atoms with Crippen molar-refractivity contribution in [1.82, 2.24) is 15.0 Å². The molecule has 0 radical (unpaired) electrons. The van der Waals surface area contributed by atoms with Gasteiger partial charge >= 0.3 is 0 Å². The molecule has 0 saturated carbocycles. The molecule has 0 aliphatic rings. The van der Waals surface area contributed by atoms with Crippen molar-refractivity contribution in [2.75, 3.05) is 12.4 Å². The molecule has 18 heavy (non-hydrogen) atoms. The molecule has 2 aromatic heterocycles. The Hall–Kier alpha value is -1.97. The molecule has 0 aliphatic carbocycles. The van der Waals surface area contributed by atoms with Crippen LogP contribution in [0.5, 0.6) is 0 Å². The first-order valence-electron chi connectivity index (χ1n) is 6.10. The van der Waals surface area contributed by atoms with Gasteiger partial charge in [-0.25, -0.2) is 9.97 Å². The van der Waals surface area contributed by atoms with Gasteiger partial charge in [-0.2, -0.15) is 0 Å².